The highest BCUT2D eigenvalue weighted by Gasteiger charge is 2.33. The first kappa shape index (κ1) is 18.4. The Hall–Kier alpha value is -2.37. The predicted octanol–water partition coefficient (Wildman–Crippen LogP) is 3.50. The molecule has 1 heterocycles. The average Bonchev–Trinajstić information content (AvgIpc) is 3.04. The van der Waals surface area contributed by atoms with E-state index in [9.17, 15) is 4.79 Å². The van der Waals surface area contributed by atoms with Gasteiger partial charge in [-0.05, 0) is 42.3 Å². The molecule has 1 aliphatic heterocycles. The van der Waals surface area contributed by atoms with Crippen molar-refractivity contribution >= 4 is 11.7 Å². The summed E-state index contributed by atoms with van der Waals surface area (Å²) in [6.45, 7) is 6.82. The molecule has 0 aliphatic carbocycles. The molecule has 0 saturated carbocycles. The van der Waals surface area contributed by atoms with Crippen molar-refractivity contribution in [2.75, 3.05) is 32.1 Å². The van der Waals surface area contributed by atoms with Crippen LogP contribution in [0, 0.1) is 6.92 Å². The van der Waals surface area contributed by atoms with Crippen LogP contribution in [-0.2, 0) is 4.74 Å². The van der Waals surface area contributed by atoms with Gasteiger partial charge in [0.05, 0.1) is 12.1 Å². The number of likely N-dealkylation sites (tertiary alicyclic amines) is 1. The van der Waals surface area contributed by atoms with Crippen molar-refractivity contribution in [3.8, 4) is 11.1 Å². The van der Waals surface area contributed by atoms with Crippen LogP contribution in [0.2, 0.25) is 0 Å². The van der Waals surface area contributed by atoms with Crippen LogP contribution >= 0.6 is 0 Å². The van der Waals surface area contributed by atoms with E-state index in [1.807, 2.05) is 30.3 Å². The first-order chi connectivity index (χ1) is 12.6. The third-order valence-electron chi connectivity index (χ3n) is 4.98. The van der Waals surface area contributed by atoms with Crippen LogP contribution in [0.5, 0.6) is 0 Å². The Balaban J connectivity index is 1.67. The van der Waals surface area contributed by atoms with Gasteiger partial charge in [-0.25, -0.2) is 4.79 Å². The van der Waals surface area contributed by atoms with Gasteiger partial charge < -0.3 is 15.4 Å². The molecular formula is C21H27N3O2. The summed E-state index contributed by atoms with van der Waals surface area (Å²) < 4.78 is 5.51. The number of urea groups is 1. The number of likely N-dealkylation sites (N-methyl/N-ethyl adjacent to an activating group) is 1. The van der Waals surface area contributed by atoms with Gasteiger partial charge in [-0.3, -0.25) is 4.90 Å². The van der Waals surface area contributed by atoms with Gasteiger partial charge in [0, 0.05) is 25.9 Å². The summed E-state index contributed by atoms with van der Waals surface area (Å²) in [6.07, 6.45) is 0.0269. The van der Waals surface area contributed by atoms with Gasteiger partial charge in [-0.2, -0.15) is 0 Å². The summed E-state index contributed by atoms with van der Waals surface area (Å²) in [6, 6.07) is 16.0. The highest BCUT2D eigenvalue weighted by atomic mass is 16.5. The zero-order chi connectivity index (χ0) is 18.5. The highest BCUT2D eigenvalue weighted by Crippen LogP contribution is 2.25. The van der Waals surface area contributed by atoms with E-state index in [0.29, 0.717) is 0 Å². The third-order valence-corrected chi connectivity index (χ3v) is 4.98. The maximum Gasteiger partial charge on any atom is 0.319 e. The number of aryl methyl sites for hydroxylation is 1. The molecule has 0 bridgehead atoms. The minimum atomic E-state index is -0.197. The number of carbonyl (C=O) groups excluding carboxylic acids is 1. The van der Waals surface area contributed by atoms with Crippen LogP contribution < -0.4 is 10.6 Å². The smallest absolute Gasteiger partial charge is 0.319 e. The maximum absolute atomic E-state index is 12.4. The fourth-order valence-electron chi connectivity index (χ4n) is 3.48. The van der Waals surface area contributed by atoms with Gasteiger partial charge in [-0.15, -0.1) is 0 Å². The van der Waals surface area contributed by atoms with E-state index in [0.717, 1.165) is 30.9 Å². The van der Waals surface area contributed by atoms with E-state index in [-0.39, 0.29) is 18.2 Å². The second kappa shape index (κ2) is 8.34. The van der Waals surface area contributed by atoms with Crippen molar-refractivity contribution in [3.05, 3.63) is 54.1 Å². The molecule has 138 valence electrons. The van der Waals surface area contributed by atoms with Crippen LogP contribution in [0.3, 0.4) is 0 Å². The summed E-state index contributed by atoms with van der Waals surface area (Å²) in [5, 5.41) is 6.00. The van der Waals surface area contributed by atoms with E-state index in [1.165, 1.54) is 11.1 Å². The fraction of sp³-hybridized carbons (Fsp3) is 0.381. The molecule has 2 atom stereocenters. The molecule has 2 N–H and O–H groups in total. The fourth-order valence-corrected chi connectivity index (χ4v) is 3.48. The number of anilines is 1. The van der Waals surface area contributed by atoms with Crippen LogP contribution in [0.1, 0.15) is 12.5 Å². The molecule has 26 heavy (non-hydrogen) atoms. The Morgan fingerprint density at radius 2 is 2.00 bits per heavy atom. The molecule has 5 nitrogen and oxygen atoms in total. The van der Waals surface area contributed by atoms with E-state index >= 15 is 0 Å². The van der Waals surface area contributed by atoms with Crippen molar-refractivity contribution in [2.24, 2.45) is 0 Å². The van der Waals surface area contributed by atoms with E-state index < -0.39 is 0 Å². The number of carbonyl (C=O) groups is 1. The maximum atomic E-state index is 12.4. The van der Waals surface area contributed by atoms with E-state index in [1.54, 1.807) is 7.11 Å². The Morgan fingerprint density at radius 1 is 1.19 bits per heavy atom. The zero-order valence-corrected chi connectivity index (χ0v) is 15.7. The number of nitrogens with zero attached hydrogens (tertiary/aromatic N) is 1. The number of benzene rings is 2. The molecule has 2 aromatic carbocycles. The lowest BCUT2D eigenvalue weighted by atomic mass is 10.0. The molecule has 0 spiro atoms. The lowest BCUT2D eigenvalue weighted by Gasteiger charge is -2.19. The quantitative estimate of drug-likeness (QED) is 0.865. The summed E-state index contributed by atoms with van der Waals surface area (Å²) >= 11 is 0. The SMILES string of the molecule is CCN1C[C@H](NC(=O)Nc2cccc(-c3ccccc3C)c2)[C@@H](OC)C1. The highest BCUT2D eigenvalue weighted by molar-refractivity contribution is 5.90. The van der Waals surface area contributed by atoms with Crippen molar-refractivity contribution in [1.82, 2.24) is 10.2 Å². The summed E-state index contributed by atoms with van der Waals surface area (Å²) in [7, 11) is 1.70. The Bertz CT molecular complexity index is 762. The molecule has 2 amide bonds. The summed E-state index contributed by atoms with van der Waals surface area (Å²) in [5.74, 6) is 0. The van der Waals surface area contributed by atoms with Gasteiger partial charge in [-0.1, -0.05) is 43.3 Å². The number of rotatable bonds is 5. The standard InChI is InChI=1S/C21H27N3O2/c1-4-24-13-19(20(14-24)26-3)23-21(25)22-17-10-7-9-16(12-17)18-11-6-5-8-15(18)2/h5-12,19-20H,4,13-14H2,1-3H3,(H2,22,23,25)/t19-,20-/m0/s1. The van der Waals surface area contributed by atoms with Crippen molar-refractivity contribution in [2.45, 2.75) is 26.0 Å². The molecule has 3 rings (SSSR count). The zero-order valence-electron chi connectivity index (χ0n) is 15.7. The van der Waals surface area contributed by atoms with Gasteiger partial charge >= 0.3 is 6.03 Å². The minimum absolute atomic E-state index is 0.000463. The normalized spacial score (nSPS) is 20.1. The monoisotopic (exact) mass is 353 g/mol. The number of amides is 2. The van der Waals surface area contributed by atoms with Crippen LogP contribution in [0.4, 0.5) is 10.5 Å². The third kappa shape index (κ3) is 4.23. The molecule has 0 radical (unpaired) electrons. The lowest BCUT2D eigenvalue weighted by Crippen LogP contribution is -2.45. The lowest BCUT2D eigenvalue weighted by molar-refractivity contribution is 0.0926. The largest absolute Gasteiger partial charge is 0.378 e. The summed E-state index contributed by atoms with van der Waals surface area (Å²) in [5.41, 5.74) is 4.25. The van der Waals surface area contributed by atoms with Crippen LogP contribution in [0.25, 0.3) is 11.1 Å². The molecule has 1 fully saturated rings. The molecule has 5 heteroatoms. The number of methoxy groups -OCH3 is 1. The molecule has 2 aromatic rings. The van der Waals surface area contributed by atoms with Crippen LogP contribution in [0.15, 0.2) is 48.5 Å². The van der Waals surface area contributed by atoms with Gasteiger partial charge in [0.2, 0.25) is 0 Å². The number of hydrogen-bond donors (Lipinski definition) is 2. The topological polar surface area (TPSA) is 53.6 Å². The molecule has 0 unspecified atom stereocenters. The second-order valence-electron chi connectivity index (χ2n) is 6.73. The van der Waals surface area contributed by atoms with E-state index in [4.69, 9.17) is 4.74 Å². The number of nitrogens with one attached hydrogen (secondary N) is 2. The molecule has 1 saturated heterocycles. The second-order valence-corrected chi connectivity index (χ2v) is 6.73. The average molecular weight is 353 g/mol. The van der Waals surface area contributed by atoms with Gasteiger partial charge in [0.1, 0.15) is 0 Å². The predicted molar refractivity (Wildman–Crippen MR) is 105 cm³/mol. The first-order valence-electron chi connectivity index (χ1n) is 9.09. The molecule has 0 aromatic heterocycles. The van der Waals surface area contributed by atoms with Crippen LogP contribution in [-0.4, -0.2) is 49.8 Å². The first-order valence-corrected chi connectivity index (χ1v) is 9.09. The molecule has 1 aliphatic rings. The Morgan fingerprint density at radius 3 is 2.73 bits per heavy atom. The molecular weight excluding hydrogens is 326 g/mol. The minimum Gasteiger partial charge on any atom is -0.378 e. The van der Waals surface area contributed by atoms with Gasteiger partial charge in [0.15, 0.2) is 0 Å². The van der Waals surface area contributed by atoms with Crippen molar-refractivity contribution in [1.29, 1.82) is 0 Å². The summed E-state index contributed by atoms with van der Waals surface area (Å²) in [4.78, 5) is 14.7. The van der Waals surface area contributed by atoms with E-state index in [2.05, 4.69) is 47.6 Å². The Labute approximate surface area is 155 Å². The number of ether oxygens (including phenoxy) is 1. The Kier molecular flexibility index (Phi) is 5.91. The van der Waals surface area contributed by atoms with Crippen molar-refractivity contribution in [3.63, 3.8) is 0 Å². The van der Waals surface area contributed by atoms with Crippen molar-refractivity contribution < 1.29 is 9.53 Å². The van der Waals surface area contributed by atoms with Gasteiger partial charge in [0.25, 0.3) is 0 Å². The number of hydrogen-bond acceptors (Lipinski definition) is 3.